The van der Waals surface area contributed by atoms with Crippen molar-refractivity contribution in [2.24, 2.45) is 5.92 Å². The monoisotopic (exact) mass is 304 g/mol. The van der Waals surface area contributed by atoms with Crippen LogP contribution in [-0.4, -0.2) is 29.8 Å². The molecule has 0 aliphatic heterocycles. The maximum Gasteiger partial charge on any atom is 0.217 e. The van der Waals surface area contributed by atoms with Gasteiger partial charge in [0.1, 0.15) is 9.75 Å². The highest BCUT2D eigenvalue weighted by Gasteiger charge is 2.79. The molecule has 1 saturated carbocycles. The maximum absolute atomic E-state index is 6.60. The second-order valence-electron chi connectivity index (χ2n) is 4.27. The van der Waals surface area contributed by atoms with Gasteiger partial charge in [0.05, 0.1) is 10.1 Å². The molecule has 3 unspecified atom stereocenters. The van der Waals surface area contributed by atoms with Gasteiger partial charge in [0.2, 0.25) is 5.79 Å². The third-order valence-electron chi connectivity index (χ3n) is 3.70. The molecule has 3 atom stereocenters. The molecule has 2 aliphatic carbocycles. The molecule has 0 aromatic heterocycles. The van der Waals surface area contributed by atoms with Crippen LogP contribution in [0, 0.1) is 5.92 Å². The van der Waals surface area contributed by atoms with Gasteiger partial charge in [0.25, 0.3) is 0 Å². The quantitative estimate of drug-likeness (QED) is 0.572. The number of hydrogen-bond donors (Lipinski definition) is 0. The van der Waals surface area contributed by atoms with Gasteiger partial charge in [0.15, 0.2) is 0 Å². The molecule has 2 bridgehead atoms. The molecular formula is C10H12Cl4O2. The van der Waals surface area contributed by atoms with Crippen LogP contribution in [0.1, 0.15) is 13.3 Å². The van der Waals surface area contributed by atoms with Crippen LogP contribution in [-0.2, 0) is 9.47 Å². The van der Waals surface area contributed by atoms with Crippen LogP contribution in [0.3, 0.4) is 0 Å². The first-order chi connectivity index (χ1) is 7.31. The van der Waals surface area contributed by atoms with Gasteiger partial charge in [-0.3, -0.25) is 0 Å². The number of rotatable bonds is 2. The second kappa shape index (κ2) is 3.66. The Balaban J connectivity index is 2.70. The minimum absolute atomic E-state index is 0.0153. The highest BCUT2D eigenvalue weighted by molar-refractivity contribution is 6.51. The van der Waals surface area contributed by atoms with Crippen LogP contribution in [0.2, 0.25) is 0 Å². The van der Waals surface area contributed by atoms with E-state index >= 15 is 0 Å². The minimum Gasteiger partial charge on any atom is -0.350 e. The van der Waals surface area contributed by atoms with Crippen LogP contribution < -0.4 is 0 Å². The van der Waals surface area contributed by atoms with Crippen molar-refractivity contribution < 1.29 is 9.47 Å². The number of methoxy groups -OCH3 is 2. The zero-order valence-corrected chi connectivity index (χ0v) is 12.1. The zero-order valence-electron chi connectivity index (χ0n) is 9.11. The van der Waals surface area contributed by atoms with Crippen molar-refractivity contribution in [3.63, 3.8) is 0 Å². The van der Waals surface area contributed by atoms with Gasteiger partial charge in [-0.15, -0.1) is 23.2 Å². The van der Waals surface area contributed by atoms with Crippen LogP contribution >= 0.6 is 46.4 Å². The summed E-state index contributed by atoms with van der Waals surface area (Å²) in [5, 5.41) is 0.654. The molecule has 1 fully saturated rings. The van der Waals surface area contributed by atoms with Gasteiger partial charge in [-0.05, 0) is 12.3 Å². The van der Waals surface area contributed by atoms with Crippen molar-refractivity contribution >= 4 is 46.4 Å². The van der Waals surface area contributed by atoms with E-state index in [1.165, 1.54) is 14.2 Å². The van der Waals surface area contributed by atoms with Gasteiger partial charge < -0.3 is 9.47 Å². The Labute approximate surface area is 115 Å². The van der Waals surface area contributed by atoms with E-state index in [0.29, 0.717) is 16.5 Å². The summed E-state index contributed by atoms with van der Waals surface area (Å²) in [5.74, 6) is -1.20. The van der Waals surface area contributed by atoms with E-state index in [4.69, 9.17) is 55.9 Å². The third-order valence-corrected chi connectivity index (χ3v) is 6.39. The van der Waals surface area contributed by atoms with Crippen molar-refractivity contribution in [3.05, 3.63) is 10.1 Å². The van der Waals surface area contributed by atoms with Crippen molar-refractivity contribution in [3.8, 4) is 0 Å². The Morgan fingerprint density at radius 1 is 1.12 bits per heavy atom. The molecule has 2 aliphatic rings. The molecule has 6 heteroatoms. The van der Waals surface area contributed by atoms with Crippen LogP contribution in [0.15, 0.2) is 10.1 Å². The Kier molecular flexibility index (Phi) is 3.03. The van der Waals surface area contributed by atoms with Crippen molar-refractivity contribution in [1.82, 2.24) is 0 Å². The molecular weight excluding hydrogens is 294 g/mol. The summed E-state index contributed by atoms with van der Waals surface area (Å²) < 4.78 is 10.9. The van der Waals surface area contributed by atoms with Crippen LogP contribution in [0.25, 0.3) is 0 Å². The van der Waals surface area contributed by atoms with Crippen LogP contribution in [0.5, 0.6) is 0 Å². The number of alkyl halides is 2. The standard InChI is InChI=1S/C10H12Cl4O2/c1-5-4-8(13)6(11)7(12)9(5,14)10(8,15-2)16-3/h5H,4H2,1-3H3. The van der Waals surface area contributed by atoms with Gasteiger partial charge >= 0.3 is 0 Å². The molecule has 0 saturated heterocycles. The molecule has 2 rings (SSSR count). The molecule has 0 spiro atoms. The van der Waals surface area contributed by atoms with Gasteiger partial charge in [-0.1, -0.05) is 30.1 Å². The fourth-order valence-electron chi connectivity index (χ4n) is 2.94. The second-order valence-corrected chi connectivity index (χ2v) is 6.27. The van der Waals surface area contributed by atoms with E-state index < -0.39 is 15.5 Å². The molecule has 16 heavy (non-hydrogen) atoms. The van der Waals surface area contributed by atoms with Gasteiger partial charge in [-0.25, -0.2) is 0 Å². The van der Waals surface area contributed by atoms with E-state index in [0.717, 1.165) is 0 Å². The predicted molar refractivity (Wildman–Crippen MR) is 66.4 cm³/mol. The summed E-state index contributed by atoms with van der Waals surface area (Å²) in [5.41, 5.74) is 0. The first kappa shape index (κ1) is 13.3. The Bertz CT molecular complexity index is 366. The normalized spacial score (nSPS) is 45.6. The van der Waals surface area contributed by atoms with E-state index in [9.17, 15) is 0 Å². The number of hydrogen-bond acceptors (Lipinski definition) is 2. The smallest absolute Gasteiger partial charge is 0.217 e. The number of ether oxygens (including phenoxy) is 2. The lowest BCUT2D eigenvalue weighted by Crippen LogP contribution is -2.56. The first-order valence-corrected chi connectivity index (χ1v) is 6.37. The van der Waals surface area contributed by atoms with Crippen molar-refractivity contribution in [2.75, 3.05) is 14.2 Å². The average Bonchev–Trinajstić information content (AvgIpc) is 2.50. The fourth-order valence-corrected chi connectivity index (χ4v) is 5.03. The summed E-state index contributed by atoms with van der Waals surface area (Å²) >= 11 is 25.5. The zero-order chi connectivity index (χ0) is 12.4. The highest BCUT2D eigenvalue weighted by Crippen LogP contribution is 2.71. The van der Waals surface area contributed by atoms with Crippen molar-refractivity contribution in [2.45, 2.75) is 28.9 Å². The maximum atomic E-state index is 6.60. The lowest BCUT2D eigenvalue weighted by molar-refractivity contribution is -0.218. The molecule has 0 radical (unpaired) electrons. The number of halogens is 4. The van der Waals surface area contributed by atoms with Gasteiger partial charge in [-0.2, -0.15) is 0 Å². The van der Waals surface area contributed by atoms with Gasteiger partial charge in [0, 0.05) is 14.2 Å². The van der Waals surface area contributed by atoms with Crippen LogP contribution in [0.4, 0.5) is 0 Å². The molecule has 2 nitrogen and oxygen atoms in total. The summed E-state index contributed by atoms with van der Waals surface area (Å²) in [7, 11) is 2.99. The molecule has 0 amide bonds. The molecule has 0 heterocycles. The Morgan fingerprint density at radius 3 is 1.94 bits per heavy atom. The molecule has 92 valence electrons. The van der Waals surface area contributed by atoms with E-state index in [2.05, 4.69) is 0 Å². The molecule has 0 N–H and O–H groups in total. The summed E-state index contributed by atoms with van der Waals surface area (Å²) in [6.45, 7) is 1.95. The summed E-state index contributed by atoms with van der Waals surface area (Å²) in [6, 6.07) is 0. The van der Waals surface area contributed by atoms with E-state index in [1.54, 1.807) is 0 Å². The fraction of sp³-hybridized carbons (Fsp3) is 0.800. The Morgan fingerprint density at radius 2 is 1.62 bits per heavy atom. The predicted octanol–water partition coefficient (Wildman–Crippen LogP) is 3.67. The SMILES string of the molecule is COC1(OC)C2(Cl)CC(C)C1(Cl)C(Cl)=C2Cl. The molecule has 0 aromatic carbocycles. The lowest BCUT2D eigenvalue weighted by Gasteiger charge is -2.40. The largest absolute Gasteiger partial charge is 0.350 e. The number of fused-ring (bicyclic) bond motifs is 2. The molecule has 0 aromatic rings. The highest BCUT2D eigenvalue weighted by atomic mass is 35.5. The third kappa shape index (κ3) is 1.05. The minimum atomic E-state index is -1.21. The van der Waals surface area contributed by atoms with Crippen molar-refractivity contribution in [1.29, 1.82) is 0 Å². The lowest BCUT2D eigenvalue weighted by atomic mass is 9.93. The average molecular weight is 306 g/mol. The summed E-state index contributed by atoms with van der Waals surface area (Å²) in [6.07, 6.45) is 0.564. The Hall–Kier alpha value is 0.820. The first-order valence-electron chi connectivity index (χ1n) is 4.86. The van der Waals surface area contributed by atoms with E-state index in [-0.39, 0.29) is 5.92 Å². The topological polar surface area (TPSA) is 18.5 Å². The summed E-state index contributed by atoms with van der Waals surface area (Å²) in [4.78, 5) is -2.02. The van der Waals surface area contributed by atoms with E-state index in [1.807, 2.05) is 6.92 Å².